The number of methoxy groups -OCH3 is 2. The Morgan fingerprint density at radius 3 is 2.24 bits per heavy atom. The molecule has 0 spiro atoms. The van der Waals surface area contributed by atoms with Crippen LogP contribution in [-0.2, 0) is 0 Å². The van der Waals surface area contributed by atoms with E-state index >= 15 is 0 Å². The van der Waals surface area contributed by atoms with E-state index in [9.17, 15) is 0 Å². The van der Waals surface area contributed by atoms with Gasteiger partial charge in [0.2, 0.25) is 0 Å². The molecule has 21 heavy (non-hydrogen) atoms. The zero-order valence-electron chi connectivity index (χ0n) is 11.8. The Morgan fingerprint density at radius 2 is 1.48 bits per heavy atom. The normalized spacial score (nSPS) is 11.3. The Balaban J connectivity index is 2.30. The number of aromatic nitrogens is 2. The maximum Gasteiger partial charge on any atom is 0.161 e. The average Bonchev–Trinajstić information content (AvgIpc) is 3.03. The fourth-order valence-corrected chi connectivity index (χ4v) is 2.90. The smallest absolute Gasteiger partial charge is 0.161 e. The summed E-state index contributed by atoms with van der Waals surface area (Å²) in [5.74, 6) is 1.46. The molecule has 0 fully saturated rings. The molecule has 0 bridgehead atoms. The van der Waals surface area contributed by atoms with Gasteiger partial charge in [0.25, 0.3) is 0 Å². The maximum absolute atomic E-state index is 5.44. The van der Waals surface area contributed by atoms with E-state index in [1.54, 1.807) is 14.2 Å². The molecule has 0 unspecified atom stereocenters. The molecule has 2 heterocycles. The van der Waals surface area contributed by atoms with Gasteiger partial charge in [-0.15, -0.1) is 0 Å². The van der Waals surface area contributed by atoms with Gasteiger partial charge in [0.1, 0.15) is 0 Å². The summed E-state index contributed by atoms with van der Waals surface area (Å²) in [4.78, 5) is 0. The zero-order valence-corrected chi connectivity index (χ0v) is 11.8. The van der Waals surface area contributed by atoms with Crippen LogP contribution in [0.2, 0.25) is 0 Å². The molecule has 2 aromatic carbocycles. The molecule has 4 heteroatoms. The number of para-hydroxylation sites is 1. The van der Waals surface area contributed by atoms with Crippen molar-refractivity contribution in [2.45, 2.75) is 0 Å². The number of pyridine rings is 1. The molecule has 4 rings (SSSR count). The van der Waals surface area contributed by atoms with Crippen molar-refractivity contribution in [2.75, 3.05) is 14.2 Å². The van der Waals surface area contributed by atoms with Crippen LogP contribution in [0.4, 0.5) is 0 Å². The lowest BCUT2D eigenvalue weighted by atomic mass is 10.0. The van der Waals surface area contributed by atoms with Crippen molar-refractivity contribution in [3.8, 4) is 11.5 Å². The molecule has 0 N–H and O–H groups in total. The number of rotatable bonds is 2. The van der Waals surface area contributed by atoms with E-state index in [-0.39, 0.29) is 0 Å². The molecule has 0 aliphatic rings. The van der Waals surface area contributed by atoms with Gasteiger partial charge < -0.3 is 9.47 Å². The summed E-state index contributed by atoms with van der Waals surface area (Å²) in [6.07, 6.45) is 1.82. The molecular formula is C17H14N2O2. The van der Waals surface area contributed by atoms with Crippen LogP contribution in [0.3, 0.4) is 0 Å². The molecule has 0 atom stereocenters. The third kappa shape index (κ3) is 1.59. The van der Waals surface area contributed by atoms with Gasteiger partial charge in [0, 0.05) is 10.8 Å². The summed E-state index contributed by atoms with van der Waals surface area (Å²) in [7, 11) is 3.31. The molecule has 0 aliphatic heterocycles. The van der Waals surface area contributed by atoms with Crippen LogP contribution >= 0.6 is 0 Å². The standard InChI is InChI=1S/C17H14N2O2/c1-20-16-9-12-11-5-3-4-6-14(11)19-15(7-8-18-19)13(12)10-17(16)21-2/h3-10H,1-2H3. The first-order valence-electron chi connectivity index (χ1n) is 6.73. The van der Waals surface area contributed by atoms with Crippen molar-refractivity contribution in [3.63, 3.8) is 0 Å². The lowest BCUT2D eigenvalue weighted by Crippen LogP contribution is -1.95. The van der Waals surface area contributed by atoms with E-state index in [1.165, 1.54) is 0 Å². The molecule has 0 saturated carbocycles. The largest absolute Gasteiger partial charge is 0.493 e. The number of hydrogen-bond donors (Lipinski definition) is 0. The zero-order chi connectivity index (χ0) is 14.4. The van der Waals surface area contributed by atoms with E-state index in [4.69, 9.17) is 9.47 Å². The summed E-state index contributed by atoms with van der Waals surface area (Å²) < 4.78 is 12.8. The van der Waals surface area contributed by atoms with Crippen LogP contribution in [0.15, 0.2) is 48.7 Å². The van der Waals surface area contributed by atoms with Crippen LogP contribution in [0.1, 0.15) is 0 Å². The van der Waals surface area contributed by atoms with Gasteiger partial charge in [-0.25, -0.2) is 4.52 Å². The minimum atomic E-state index is 0.725. The van der Waals surface area contributed by atoms with Crippen molar-refractivity contribution in [3.05, 3.63) is 48.7 Å². The Bertz CT molecular complexity index is 973. The van der Waals surface area contributed by atoms with Gasteiger partial charge in [-0.3, -0.25) is 0 Å². The monoisotopic (exact) mass is 278 g/mol. The van der Waals surface area contributed by atoms with Crippen molar-refractivity contribution < 1.29 is 9.47 Å². The van der Waals surface area contributed by atoms with Crippen molar-refractivity contribution >= 4 is 27.2 Å². The van der Waals surface area contributed by atoms with Gasteiger partial charge in [-0.2, -0.15) is 5.10 Å². The molecule has 2 aromatic heterocycles. The Kier molecular flexibility index (Phi) is 2.51. The highest BCUT2D eigenvalue weighted by molar-refractivity contribution is 6.13. The molecule has 4 aromatic rings. The van der Waals surface area contributed by atoms with Crippen molar-refractivity contribution in [1.29, 1.82) is 0 Å². The van der Waals surface area contributed by atoms with E-state index in [1.807, 2.05) is 41.0 Å². The summed E-state index contributed by atoms with van der Waals surface area (Å²) in [5, 5.41) is 7.82. The molecular weight excluding hydrogens is 264 g/mol. The summed E-state index contributed by atoms with van der Waals surface area (Å²) in [6.45, 7) is 0. The SMILES string of the molecule is COc1cc2c3ccccc3n3nccc3c2cc1OC. The van der Waals surface area contributed by atoms with E-state index in [2.05, 4.69) is 17.2 Å². The molecule has 0 radical (unpaired) electrons. The molecule has 104 valence electrons. The van der Waals surface area contributed by atoms with Crippen LogP contribution in [0.5, 0.6) is 11.5 Å². The summed E-state index contributed by atoms with van der Waals surface area (Å²) >= 11 is 0. The van der Waals surface area contributed by atoms with Gasteiger partial charge in [0.05, 0.1) is 31.4 Å². The third-order valence-electron chi connectivity index (χ3n) is 3.86. The van der Waals surface area contributed by atoms with Gasteiger partial charge in [-0.05, 0) is 29.7 Å². The Morgan fingerprint density at radius 1 is 0.810 bits per heavy atom. The minimum absolute atomic E-state index is 0.725. The summed E-state index contributed by atoms with van der Waals surface area (Å²) in [6, 6.07) is 14.3. The third-order valence-corrected chi connectivity index (χ3v) is 3.86. The molecule has 0 aliphatic carbocycles. The van der Waals surface area contributed by atoms with Crippen molar-refractivity contribution in [2.24, 2.45) is 0 Å². The number of ether oxygens (including phenoxy) is 2. The molecule has 0 amide bonds. The van der Waals surface area contributed by atoms with E-state index < -0.39 is 0 Å². The van der Waals surface area contributed by atoms with Gasteiger partial charge in [0.15, 0.2) is 11.5 Å². The van der Waals surface area contributed by atoms with Crippen molar-refractivity contribution in [1.82, 2.24) is 9.61 Å². The highest BCUT2D eigenvalue weighted by Crippen LogP contribution is 2.37. The van der Waals surface area contributed by atoms with E-state index in [0.29, 0.717) is 0 Å². The summed E-state index contributed by atoms with van der Waals surface area (Å²) in [5.41, 5.74) is 2.14. The first-order chi connectivity index (χ1) is 10.3. The fourth-order valence-electron chi connectivity index (χ4n) is 2.90. The average molecular weight is 278 g/mol. The first-order valence-corrected chi connectivity index (χ1v) is 6.73. The van der Waals surface area contributed by atoms with Crippen LogP contribution in [-0.4, -0.2) is 23.8 Å². The quantitative estimate of drug-likeness (QED) is 0.525. The van der Waals surface area contributed by atoms with Crippen LogP contribution in [0.25, 0.3) is 27.2 Å². The highest BCUT2D eigenvalue weighted by Gasteiger charge is 2.13. The van der Waals surface area contributed by atoms with Gasteiger partial charge in [-0.1, -0.05) is 18.2 Å². The second-order valence-electron chi connectivity index (χ2n) is 4.90. The Labute approximate surface area is 121 Å². The molecule has 4 nitrogen and oxygen atoms in total. The van der Waals surface area contributed by atoms with Crippen LogP contribution < -0.4 is 9.47 Å². The second-order valence-corrected chi connectivity index (χ2v) is 4.90. The minimum Gasteiger partial charge on any atom is -0.493 e. The second kappa shape index (κ2) is 4.38. The number of fused-ring (bicyclic) bond motifs is 6. The van der Waals surface area contributed by atoms with Gasteiger partial charge >= 0.3 is 0 Å². The Hall–Kier alpha value is -2.75. The van der Waals surface area contributed by atoms with E-state index in [0.717, 1.165) is 38.7 Å². The maximum atomic E-state index is 5.44. The molecule has 0 saturated heterocycles. The topological polar surface area (TPSA) is 35.8 Å². The predicted molar refractivity (Wildman–Crippen MR) is 83.3 cm³/mol. The number of nitrogens with zero attached hydrogens (tertiary/aromatic N) is 2. The number of benzene rings is 2. The van der Waals surface area contributed by atoms with Crippen LogP contribution in [0, 0.1) is 0 Å². The highest BCUT2D eigenvalue weighted by atomic mass is 16.5. The lowest BCUT2D eigenvalue weighted by molar-refractivity contribution is 0.356. The first kappa shape index (κ1) is 12.0. The number of hydrogen-bond acceptors (Lipinski definition) is 3. The fraction of sp³-hybridized carbons (Fsp3) is 0.118. The lowest BCUT2D eigenvalue weighted by Gasteiger charge is -2.12. The predicted octanol–water partition coefficient (Wildman–Crippen LogP) is 3.66.